The maximum Gasteiger partial charge on any atom is 0.334 e. The van der Waals surface area contributed by atoms with Gasteiger partial charge in [-0.05, 0) is 32.1 Å². The number of esters is 2. The molecule has 0 aromatic heterocycles. The molecule has 0 saturated carbocycles. The fourth-order valence-corrected chi connectivity index (χ4v) is 3.23. The standard InChI is InChI=1S/C25H46O4/c1-5-9-12-13-14-15-16-17-19-23(25(27)29-21-11-7-3)22(18-8-4)24(26)28-20-10-6-2/h5-21H2,1-4H3/b23-22-. The highest BCUT2D eigenvalue weighted by Crippen LogP contribution is 2.22. The van der Waals surface area contributed by atoms with Gasteiger partial charge in [0.15, 0.2) is 0 Å². The number of hydrogen-bond acceptors (Lipinski definition) is 4. The summed E-state index contributed by atoms with van der Waals surface area (Å²) in [4.78, 5) is 25.4. The van der Waals surface area contributed by atoms with E-state index < -0.39 is 0 Å². The van der Waals surface area contributed by atoms with Crippen LogP contribution < -0.4 is 0 Å². The van der Waals surface area contributed by atoms with Crippen molar-refractivity contribution in [3.8, 4) is 0 Å². The third kappa shape index (κ3) is 14.3. The zero-order valence-corrected chi connectivity index (χ0v) is 19.7. The number of unbranched alkanes of at least 4 members (excludes halogenated alkanes) is 9. The van der Waals surface area contributed by atoms with E-state index in [0.29, 0.717) is 37.2 Å². The Hall–Kier alpha value is -1.32. The molecule has 0 N–H and O–H groups in total. The number of rotatable bonds is 19. The molecule has 4 nitrogen and oxygen atoms in total. The summed E-state index contributed by atoms with van der Waals surface area (Å²) >= 11 is 0. The lowest BCUT2D eigenvalue weighted by molar-refractivity contribution is -0.142. The van der Waals surface area contributed by atoms with Crippen LogP contribution in [0.1, 0.15) is 124 Å². The molecule has 0 saturated heterocycles. The average Bonchev–Trinajstić information content (AvgIpc) is 2.71. The molecule has 0 aliphatic carbocycles. The van der Waals surface area contributed by atoms with Crippen LogP contribution in [0.3, 0.4) is 0 Å². The Morgan fingerprint density at radius 3 is 1.34 bits per heavy atom. The second-order valence-electron chi connectivity index (χ2n) is 7.91. The number of carbonyl (C=O) groups excluding carboxylic acids is 2. The van der Waals surface area contributed by atoms with Gasteiger partial charge in [0.1, 0.15) is 0 Å². The van der Waals surface area contributed by atoms with Crippen molar-refractivity contribution in [2.75, 3.05) is 13.2 Å². The molecular weight excluding hydrogens is 364 g/mol. The Morgan fingerprint density at radius 2 is 0.897 bits per heavy atom. The van der Waals surface area contributed by atoms with Gasteiger partial charge in [0.25, 0.3) is 0 Å². The normalized spacial score (nSPS) is 11.9. The average molecular weight is 411 g/mol. The summed E-state index contributed by atoms with van der Waals surface area (Å²) in [7, 11) is 0. The molecule has 0 fully saturated rings. The Morgan fingerprint density at radius 1 is 0.483 bits per heavy atom. The van der Waals surface area contributed by atoms with E-state index in [1.165, 1.54) is 38.5 Å². The second kappa shape index (κ2) is 20.0. The SMILES string of the molecule is CCCCCCCCCC/C(C(=O)OCCCC)=C(\CCC)C(=O)OCCCC. The lowest BCUT2D eigenvalue weighted by Crippen LogP contribution is -2.18. The fraction of sp³-hybridized carbons (Fsp3) is 0.840. The Balaban J connectivity index is 4.93. The van der Waals surface area contributed by atoms with Gasteiger partial charge in [-0.3, -0.25) is 0 Å². The first-order valence-electron chi connectivity index (χ1n) is 12.2. The first-order chi connectivity index (χ1) is 14.1. The minimum absolute atomic E-state index is 0.322. The van der Waals surface area contributed by atoms with Crippen molar-refractivity contribution in [2.45, 2.75) is 124 Å². The second-order valence-corrected chi connectivity index (χ2v) is 7.91. The molecule has 0 aliphatic rings. The maximum absolute atomic E-state index is 12.7. The fourth-order valence-electron chi connectivity index (χ4n) is 3.23. The van der Waals surface area contributed by atoms with Gasteiger partial charge in [-0.1, -0.05) is 91.9 Å². The van der Waals surface area contributed by atoms with Crippen molar-refractivity contribution >= 4 is 11.9 Å². The van der Waals surface area contributed by atoms with Gasteiger partial charge in [-0.2, -0.15) is 0 Å². The van der Waals surface area contributed by atoms with Crippen LogP contribution >= 0.6 is 0 Å². The van der Waals surface area contributed by atoms with Gasteiger partial charge in [0.05, 0.1) is 13.2 Å². The molecular formula is C25H46O4. The summed E-state index contributed by atoms with van der Waals surface area (Å²) in [6, 6.07) is 0. The molecule has 0 heterocycles. The molecule has 170 valence electrons. The van der Waals surface area contributed by atoms with E-state index in [1.807, 2.05) is 6.92 Å². The Kier molecular flexibility index (Phi) is 19.1. The van der Waals surface area contributed by atoms with Gasteiger partial charge < -0.3 is 9.47 Å². The predicted octanol–water partition coefficient (Wildman–Crippen LogP) is 7.30. The first kappa shape index (κ1) is 27.7. The third-order valence-electron chi connectivity index (χ3n) is 5.10. The lowest BCUT2D eigenvalue weighted by atomic mass is 9.97. The van der Waals surface area contributed by atoms with Gasteiger partial charge >= 0.3 is 11.9 Å². The van der Waals surface area contributed by atoms with Crippen LogP contribution in [0.15, 0.2) is 11.1 Å². The quantitative estimate of drug-likeness (QED) is 0.127. The molecule has 4 heteroatoms. The third-order valence-corrected chi connectivity index (χ3v) is 5.10. The zero-order chi connectivity index (χ0) is 21.7. The Bertz CT molecular complexity index is 454. The molecule has 29 heavy (non-hydrogen) atoms. The van der Waals surface area contributed by atoms with Crippen LogP contribution in [0.4, 0.5) is 0 Å². The van der Waals surface area contributed by atoms with E-state index in [9.17, 15) is 9.59 Å². The van der Waals surface area contributed by atoms with E-state index in [1.54, 1.807) is 0 Å². The number of hydrogen-bond donors (Lipinski definition) is 0. The molecule has 0 aromatic rings. The van der Waals surface area contributed by atoms with Gasteiger partial charge in [0, 0.05) is 11.1 Å². The number of ether oxygens (including phenoxy) is 2. The van der Waals surface area contributed by atoms with Crippen LogP contribution in [0.25, 0.3) is 0 Å². The molecule has 0 unspecified atom stereocenters. The van der Waals surface area contributed by atoms with Crippen LogP contribution in [0.5, 0.6) is 0 Å². The van der Waals surface area contributed by atoms with E-state index in [0.717, 1.165) is 44.9 Å². The van der Waals surface area contributed by atoms with Crippen molar-refractivity contribution in [1.82, 2.24) is 0 Å². The molecule has 0 spiro atoms. The largest absolute Gasteiger partial charge is 0.462 e. The van der Waals surface area contributed by atoms with Crippen LogP contribution in [-0.4, -0.2) is 25.2 Å². The zero-order valence-electron chi connectivity index (χ0n) is 19.7. The van der Waals surface area contributed by atoms with Gasteiger partial charge in [0.2, 0.25) is 0 Å². The number of carbonyl (C=O) groups is 2. The molecule has 0 rings (SSSR count). The van der Waals surface area contributed by atoms with Crippen molar-refractivity contribution in [2.24, 2.45) is 0 Å². The van der Waals surface area contributed by atoms with Crippen LogP contribution in [-0.2, 0) is 19.1 Å². The minimum Gasteiger partial charge on any atom is -0.462 e. The van der Waals surface area contributed by atoms with Crippen LogP contribution in [0.2, 0.25) is 0 Å². The smallest absolute Gasteiger partial charge is 0.334 e. The summed E-state index contributed by atoms with van der Waals surface area (Å²) in [5.74, 6) is -0.653. The summed E-state index contributed by atoms with van der Waals surface area (Å²) < 4.78 is 10.9. The summed E-state index contributed by atoms with van der Waals surface area (Å²) in [5.41, 5.74) is 1.09. The van der Waals surface area contributed by atoms with E-state index in [-0.39, 0.29) is 11.9 Å². The topological polar surface area (TPSA) is 52.6 Å². The predicted molar refractivity (Wildman–Crippen MR) is 121 cm³/mol. The maximum atomic E-state index is 12.7. The summed E-state index contributed by atoms with van der Waals surface area (Å²) in [6.07, 6.45) is 15.3. The van der Waals surface area contributed by atoms with E-state index in [2.05, 4.69) is 20.8 Å². The Labute approximate surface area is 179 Å². The van der Waals surface area contributed by atoms with Crippen molar-refractivity contribution in [1.29, 1.82) is 0 Å². The van der Waals surface area contributed by atoms with Gasteiger partial charge in [-0.25, -0.2) is 9.59 Å². The van der Waals surface area contributed by atoms with E-state index >= 15 is 0 Å². The monoisotopic (exact) mass is 410 g/mol. The van der Waals surface area contributed by atoms with Crippen molar-refractivity contribution in [3.63, 3.8) is 0 Å². The molecule has 0 atom stereocenters. The highest BCUT2D eigenvalue weighted by atomic mass is 16.5. The highest BCUT2D eigenvalue weighted by molar-refractivity contribution is 6.00. The summed E-state index contributed by atoms with van der Waals surface area (Å²) in [6.45, 7) is 9.22. The molecule has 0 aromatic carbocycles. The molecule has 0 radical (unpaired) electrons. The highest BCUT2D eigenvalue weighted by Gasteiger charge is 2.22. The minimum atomic E-state index is -0.331. The van der Waals surface area contributed by atoms with E-state index in [4.69, 9.17) is 9.47 Å². The first-order valence-corrected chi connectivity index (χ1v) is 12.2. The molecule has 0 bridgehead atoms. The van der Waals surface area contributed by atoms with Crippen molar-refractivity contribution < 1.29 is 19.1 Å². The lowest BCUT2D eigenvalue weighted by Gasteiger charge is -2.14. The molecule has 0 aliphatic heterocycles. The molecule has 0 amide bonds. The van der Waals surface area contributed by atoms with Gasteiger partial charge in [-0.15, -0.1) is 0 Å². The van der Waals surface area contributed by atoms with Crippen molar-refractivity contribution in [3.05, 3.63) is 11.1 Å². The van der Waals surface area contributed by atoms with Crippen LogP contribution in [0, 0.1) is 0 Å². The summed E-state index contributed by atoms with van der Waals surface area (Å²) in [5, 5.41) is 0.